The molecule has 0 fully saturated rings. The van der Waals surface area contributed by atoms with E-state index in [4.69, 9.17) is 0 Å². The predicted molar refractivity (Wildman–Crippen MR) is 65.9 cm³/mol. The highest BCUT2D eigenvalue weighted by Gasteiger charge is 2.10. The van der Waals surface area contributed by atoms with Gasteiger partial charge in [0.25, 0.3) is 0 Å². The average molecular weight is 263 g/mol. The predicted octanol–water partition coefficient (Wildman–Crippen LogP) is 0.560. The molecular formula is C9H17N3O2S2. The molecule has 1 rings (SSSR count). The van der Waals surface area contributed by atoms with Crippen molar-refractivity contribution in [3.63, 3.8) is 0 Å². The number of hydrogen-bond acceptors (Lipinski definition) is 5. The van der Waals surface area contributed by atoms with Crippen molar-refractivity contribution < 1.29 is 8.42 Å². The summed E-state index contributed by atoms with van der Waals surface area (Å²) in [4.78, 5) is 4.80. The lowest BCUT2D eigenvalue weighted by Gasteiger charge is -2.08. The van der Waals surface area contributed by atoms with E-state index >= 15 is 0 Å². The summed E-state index contributed by atoms with van der Waals surface area (Å²) in [6.45, 7) is 4.76. The summed E-state index contributed by atoms with van der Waals surface area (Å²) in [6.07, 6.45) is 1.67. The van der Waals surface area contributed by atoms with Crippen LogP contribution in [0, 0.1) is 0 Å². The first-order valence-electron chi connectivity index (χ1n) is 5.08. The lowest BCUT2D eigenvalue weighted by atomic mass is 10.4. The highest BCUT2D eigenvalue weighted by Crippen LogP contribution is 2.04. The molecule has 1 aromatic rings. The molecule has 0 aliphatic heterocycles. The van der Waals surface area contributed by atoms with Crippen LogP contribution in [0.25, 0.3) is 0 Å². The fraction of sp³-hybridized carbons (Fsp3) is 0.667. The molecule has 92 valence electrons. The van der Waals surface area contributed by atoms with Crippen molar-refractivity contribution in [2.24, 2.45) is 0 Å². The minimum Gasteiger partial charge on any atom is -0.313 e. The number of nitrogens with zero attached hydrogens (tertiary/aromatic N) is 1. The van der Waals surface area contributed by atoms with Gasteiger partial charge in [0.05, 0.1) is 11.3 Å². The molecule has 0 spiro atoms. The lowest BCUT2D eigenvalue weighted by molar-refractivity contribution is 0.567. The average Bonchev–Trinajstić information content (AvgIpc) is 2.66. The van der Waals surface area contributed by atoms with Crippen molar-refractivity contribution in [3.8, 4) is 0 Å². The van der Waals surface area contributed by atoms with E-state index in [1.54, 1.807) is 11.7 Å². The summed E-state index contributed by atoms with van der Waals surface area (Å²) < 4.78 is 25.6. The Kier molecular flexibility index (Phi) is 5.33. The quantitative estimate of drug-likeness (QED) is 0.754. The normalized spacial score (nSPS) is 12.2. The summed E-state index contributed by atoms with van der Waals surface area (Å²) in [5, 5.41) is 3.07. The van der Waals surface area contributed by atoms with Crippen LogP contribution in [0.4, 0.5) is 0 Å². The van der Waals surface area contributed by atoms with Gasteiger partial charge in [-0.3, -0.25) is 4.98 Å². The minimum absolute atomic E-state index is 0.101. The van der Waals surface area contributed by atoms with Crippen LogP contribution in [0.2, 0.25) is 0 Å². The Morgan fingerprint density at radius 1 is 1.50 bits per heavy atom. The molecule has 0 atom stereocenters. The van der Waals surface area contributed by atoms with E-state index in [0.29, 0.717) is 19.1 Å². The second-order valence-corrected chi connectivity index (χ2v) is 6.61. The van der Waals surface area contributed by atoms with Gasteiger partial charge in [-0.05, 0) is 0 Å². The summed E-state index contributed by atoms with van der Waals surface area (Å²) in [5.74, 6) is 0.101. The SMILES string of the molecule is CC(C)NCCS(=O)(=O)NCc1cncs1. The van der Waals surface area contributed by atoms with Gasteiger partial charge >= 0.3 is 0 Å². The molecule has 0 amide bonds. The molecule has 0 saturated carbocycles. The Bertz CT molecular complexity index is 387. The molecule has 2 N–H and O–H groups in total. The number of hydrogen-bond donors (Lipinski definition) is 2. The maximum Gasteiger partial charge on any atom is 0.213 e. The number of aromatic nitrogens is 1. The molecule has 1 aromatic heterocycles. The number of nitrogens with one attached hydrogen (secondary N) is 2. The summed E-state index contributed by atoms with van der Waals surface area (Å²) in [7, 11) is -3.19. The fourth-order valence-corrected chi connectivity index (χ4v) is 2.60. The van der Waals surface area contributed by atoms with Crippen LogP contribution in [-0.2, 0) is 16.6 Å². The first-order valence-corrected chi connectivity index (χ1v) is 7.61. The van der Waals surface area contributed by atoms with Crippen LogP contribution in [0.15, 0.2) is 11.7 Å². The third-order valence-corrected chi connectivity index (χ3v) is 3.98. The summed E-state index contributed by atoms with van der Waals surface area (Å²) in [6, 6.07) is 0.302. The third-order valence-electron chi connectivity index (χ3n) is 1.87. The van der Waals surface area contributed by atoms with E-state index in [2.05, 4.69) is 15.0 Å². The number of sulfonamides is 1. The van der Waals surface area contributed by atoms with E-state index in [1.165, 1.54) is 11.3 Å². The van der Waals surface area contributed by atoms with E-state index in [1.807, 2.05) is 13.8 Å². The highest BCUT2D eigenvalue weighted by atomic mass is 32.2. The van der Waals surface area contributed by atoms with Crippen molar-refractivity contribution >= 4 is 21.4 Å². The van der Waals surface area contributed by atoms with E-state index in [-0.39, 0.29) is 5.75 Å². The van der Waals surface area contributed by atoms with Crippen LogP contribution in [0.1, 0.15) is 18.7 Å². The zero-order valence-electron chi connectivity index (χ0n) is 9.43. The standard InChI is InChI=1S/C9H17N3O2S2/c1-8(2)11-3-4-16(13,14)12-6-9-5-10-7-15-9/h5,7-8,11-12H,3-4,6H2,1-2H3. The van der Waals surface area contributed by atoms with Gasteiger partial charge in [-0.1, -0.05) is 13.8 Å². The summed E-state index contributed by atoms with van der Waals surface area (Å²) in [5.41, 5.74) is 1.68. The smallest absolute Gasteiger partial charge is 0.213 e. The fourth-order valence-electron chi connectivity index (χ4n) is 1.06. The van der Waals surface area contributed by atoms with Crippen molar-refractivity contribution in [2.75, 3.05) is 12.3 Å². The second-order valence-electron chi connectivity index (χ2n) is 3.72. The van der Waals surface area contributed by atoms with Gasteiger partial charge in [0.2, 0.25) is 10.0 Å². The number of thiazole rings is 1. The van der Waals surface area contributed by atoms with Crippen LogP contribution < -0.4 is 10.0 Å². The largest absolute Gasteiger partial charge is 0.313 e. The van der Waals surface area contributed by atoms with Gasteiger partial charge in [-0.2, -0.15) is 0 Å². The van der Waals surface area contributed by atoms with Crippen molar-refractivity contribution in [1.29, 1.82) is 0 Å². The first kappa shape index (κ1) is 13.6. The molecule has 1 heterocycles. The van der Waals surface area contributed by atoms with E-state index in [0.717, 1.165) is 4.88 Å². The topological polar surface area (TPSA) is 71.1 Å². The van der Waals surface area contributed by atoms with E-state index in [9.17, 15) is 8.42 Å². The molecule has 0 radical (unpaired) electrons. The molecule has 0 unspecified atom stereocenters. The molecule has 0 aliphatic carbocycles. The molecule has 7 heteroatoms. The second kappa shape index (κ2) is 6.29. The molecule has 0 bridgehead atoms. The Hall–Kier alpha value is -0.500. The zero-order chi connectivity index (χ0) is 12.0. The van der Waals surface area contributed by atoms with Gasteiger partial charge in [0.15, 0.2) is 0 Å². The molecule has 0 aliphatic rings. The van der Waals surface area contributed by atoms with Gasteiger partial charge in [0.1, 0.15) is 0 Å². The monoisotopic (exact) mass is 263 g/mol. The van der Waals surface area contributed by atoms with Gasteiger partial charge < -0.3 is 5.32 Å². The van der Waals surface area contributed by atoms with Crippen molar-refractivity contribution in [3.05, 3.63) is 16.6 Å². The van der Waals surface area contributed by atoms with Crippen LogP contribution in [0.3, 0.4) is 0 Å². The van der Waals surface area contributed by atoms with Crippen LogP contribution >= 0.6 is 11.3 Å². The Labute approximate surface area is 100 Å². The van der Waals surface area contributed by atoms with Crippen molar-refractivity contribution in [2.45, 2.75) is 26.4 Å². The summed E-state index contributed by atoms with van der Waals surface area (Å²) >= 11 is 1.44. The maximum atomic E-state index is 11.5. The maximum absolute atomic E-state index is 11.5. The van der Waals surface area contributed by atoms with Gasteiger partial charge in [-0.15, -0.1) is 11.3 Å². The molecule has 5 nitrogen and oxygen atoms in total. The Balaban J connectivity index is 2.29. The van der Waals surface area contributed by atoms with Gasteiger partial charge in [-0.25, -0.2) is 13.1 Å². The third kappa shape index (κ3) is 5.55. The number of rotatable bonds is 7. The molecule has 0 saturated heterocycles. The first-order chi connectivity index (χ1) is 7.49. The zero-order valence-corrected chi connectivity index (χ0v) is 11.1. The van der Waals surface area contributed by atoms with Crippen LogP contribution in [-0.4, -0.2) is 31.7 Å². The Morgan fingerprint density at radius 2 is 2.25 bits per heavy atom. The van der Waals surface area contributed by atoms with Gasteiger partial charge in [0, 0.05) is 30.2 Å². The van der Waals surface area contributed by atoms with Crippen LogP contribution in [0.5, 0.6) is 0 Å². The van der Waals surface area contributed by atoms with E-state index < -0.39 is 10.0 Å². The van der Waals surface area contributed by atoms with Crippen molar-refractivity contribution in [1.82, 2.24) is 15.0 Å². The highest BCUT2D eigenvalue weighted by molar-refractivity contribution is 7.89. The Morgan fingerprint density at radius 3 is 2.81 bits per heavy atom. The lowest BCUT2D eigenvalue weighted by Crippen LogP contribution is -2.34. The molecule has 0 aromatic carbocycles. The molecule has 16 heavy (non-hydrogen) atoms. The minimum atomic E-state index is -3.19. The molecular weight excluding hydrogens is 246 g/mol.